The highest BCUT2D eigenvalue weighted by atomic mass is 16.2. The standard InChI is InChI=1S/C15H23N3O/c1-6-16-11-9-7-8-10(17-11)12(19)18-13-14(2,3)15(13,4)5/h7-9,13H,6H2,1-5H3,(H,16,17)(H,18,19). The van der Waals surface area contributed by atoms with E-state index in [9.17, 15) is 4.79 Å². The molecule has 104 valence electrons. The van der Waals surface area contributed by atoms with Crippen LogP contribution >= 0.6 is 0 Å². The van der Waals surface area contributed by atoms with Crippen LogP contribution in [0.4, 0.5) is 5.82 Å². The van der Waals surface area contributed by atoms with Crippen LogP contribution in [0.15, 0.2) is 18.2 Å². The van der Waals surface area contributed by atoms with Crippen LogP contribution < -0.4 is 10.6 Å². The maximum atomic E-state index is 12.2. The van der Waals surface area contributed by atoms with Gasteiger partial charge in [-0.05, 0) is 29.9 Å². The Morgan fingerprint density at radius 2 is 1.89 bits per heavy atom. The molecule has 1 fully saturated rings. The number of nitrogens with one attached hydrogen (secondary N) is 2. The Balaban J connectivity index is 2.07. The van der Waals surface area contributed by atoms with Crippen LogP contribution in [0.25, 0.3) is 0 Å². The Labute approximate surface area is 115 Å². The zero-order chi connectivity index (χ0) is 14.3. The predicted octanol–water partition coefficient (Wildman–Crippen LogP) is 2.68. The van der Waals surface area contributed by atoms with E-state index in [4.69, 9.17) is 0 Å². The van der Waals surface area contributed by atoms with Crippen molar-refractivity contribution < 1.29 is 4.79 Å². The minimum absolute atomic E-state index is 0.0941. The number of aromatic nitrogens is 1. The van der Waals surface area contributed by atoms with Crippen LogP contribution in [0, 0.1) is 10.8 Å². The van der Waals surface area contributed by atoms with E-state index in [1.165, 1.54) is 0 Å². The summed E-state index contributed by atoms with van der Waals surface area (Å²) in [4.78, 5) is 16.5. The second-order valence-electron chi connectivity index (χ2n) is 6.29. The molecular formula is C15H23N3O. The molecule has 2 N–H and O–H groups in total. The van der Waals surface area contributed by atoms with Gasteiger partial charge in [0.25, 0.3) is 5.91 Å². The largest absolute Gasteiger partial charge is 0.370 e. The van der Waals surface area contributed by atoms with Crippen LogP contribution in [0.1, 0.15) is 45.1 Å². The van der Waals surface area contributed by atoms with E-state index in [2.05, 4.69) is 43.3 Å². The van der Waals surface area contributed by atoms with E-state index in [0.717, 1.165) is 12.4 Å². The third kappa shape index (κ3) is 2.31. The van der Waals surface area contributed by atoms with Gasteiger partial charge in [0.05, 0.1) is 0 Å². The van der Waals surface area contributed by atoms with Crippen molar-refractivity contribution in [2.75, 3.05) is 11.9 Å². The van der Waals surface area contributed by atoms with Gasteiger partial charge in [-0.2, -0.15) is 0 Å². The first-order valence-corrected chi connectivity index (χ1v) is 6.82. The third-order valence-corrected chi connectivity index (χ3v) is 4.64. The SMILES string of the molecule is CCNc1cccc(C(=O)NC2C(C)(C)C2(C)C)n1. The molecule has 19 heavy (non-hydrogen) atoms. The quantitative estimate of drug-likeness (QED) is 0.876. The molecule has 0 unspecified atom stereocenters. The lowest BCUT2D eigenvalue weighted by molar-refractivity contribution is 0.0938. The van der Waals surface area contributed by atoms with Crippen LogP contribution in [-0.2, 0) is 0 Å². The lowest BCUT2D eigenvalue weighted by atomic mass is 10.0. The lowest BCUT2D eigenvalue weighted by Gasteiger charge is -2.08. The van der Waals surface area contributed by atoms with Gasteiger partial charge in [-0.1, -0.05) is 33.8 Å². The van der Waals surface area contributed by atoms with E-state index >= 15 is 0 Å². The Bertz CT molecular complexity index is 480. The molecule has 1 aliphatic carbocycles. The van der Waals surface area contributed by atoms with E-state index in [-0.39, 0.29) is 22.8 Å². The number of amides is 1. The molecule has 0 aliphatic heterocycles. The van der Waals surface area contributed by atoms with Gasteiger partial charge < -0.3 is 10.6 Å². The number of nitrogens with zero attached hydrogens (tertiary/aromatic N) is 1. The van der Waals surface area contributed by atoms with Crippen molar-refractivity contribution in [3.05, 3.63) is 23.9 Å². The summed E-state index contributed by atoms with van der Waals surface area (Å²) in [5.74, 6) is 0.646. The topological polar surface area (TPSA) is 54.0 Å². The molecule has 2 rings (SSSR count). The smallest absolute Gasteiger partial charge is 0.270 e. The van der Waals surface area contributed by atoms with Crippen LogP contribution in [0.2, 0.25) is 0 Å². The average molecular weight is 261 g/mol. The number of hydrogen-bond donors (Lipinski definition) is 2. The minimum atomic E-state index is -0.0941. The summed E-state index contributed by atoms with van der Waals surface area (Å²) in [6.45, 7) is 11.5. The van der Waals surface area contributed by atoms with Gasteiger partial charge in [-0.15, -0.1) is 0 Å². The van der Waals surface area contributed by atoms with Crippen molar-refractivity contribution in [3.63, 3.8) is 0 Å². The third-order valence-electron chi connectivity index (χ3n) is 4.64. The molecule has 4 heteroatoms. The molecule has 1 heterocycles. The van der Waals surface area contributed by atoms with Gasteiger partial charge >= 0.3 is 0 Å². The predicted molar refractivity (Wildman–Crippen MR) is 77.2 cm³/mol. The van der Waals surface area contributed by atoms with E-state index in [1.54, 1.807) is 6.07 Å². The van der Waals surface area contributed by atoms with Crippen molar-refractivity contribution in [1.82, 2.24) is 10.3 Å². The molecule has 0 bridgehead atoms. The van der Waals surface area contributed by atoms with Crippen LogP contribution in [-0.4, -0.2) is 23.5 Å². The molecule has 0 atom stereocenters. The molecule has 4 nitrogen and oxygen atoms in total. The van der Waals surface area contributed by atoms with Crippen molar-refractivity contribution in [3.8, 4) is 0 Å². The van der Waals surface area contributed by atoms with Crippen molar-refractivity contribution in [1.29, 1.82) is 0 Å². The monoisotopic (exact) mass is 261 g/mol. The van der Waals surface area contributed by atoms with Gasteiger partial charge in [0.2, 0.25) is 0 Å². The highest BCUT2D eigenvalue weighted by Gasteiger charge is 2.65. The molecule has 0 aromatic carbocycles. The van der Waals surface area contributed by atoms with E-state index < -0.39 is 0 Å². The van der Waals surface area contributed by atoms with Gasteiger partial charge in [-0.25, -0.2) is 4.98 Å². The van der Waals surface area contributed by atoms with Gasteiger partial charge in [0.15, 0.2) is 0 Å². The van der Waals surface area contributed by atoms with E-state index in [0.29, 0.717) is 5.69 Å². The number of carbonyl (C=O) groups is 1. The summed E-state index contributed by atoms with van der Waals surface area (Å²) < 4.78 is 0. The number of pyridine rings is 1. The Hall–Kier alpha value is -1.58. The first-order valence-electron chi connectivity index (χ1n) is 6.82. The Morgan fingerprint density at radius 3 is 2.42 bits per heavy atom. The first kappa shape index (κ1) is 13.8. The number of carbonyl (C=O) groups excluding carboxylic acids is 1. The first-order chi connectivity index (χ1) is 8.80. The fourth-order valence-corrected chi connectivity index (χ4v) is 2.60. The molecule has 1 aliphatic rings. The van der Waals surface area contributed by atoms with E-state index in [1.807, 2.05) is 19.1 Å². The van der Waals surface area contributed by atoms with Gasteiger partial charge in [0.1, 0.15) is 11.5 Å². The molecular weight excluding hydrogens is 238 g/mol. The van der Waals surface area contributed by atoms with Crippen LogP contribution in [0.5, 0.6) is 0 Å². The maximum Gasteiger partial charge on any atom is 0.270 e. The number of rotatable bonds is 4. The van der Waals surface area contributed by atoms with Crippen molar-refractivity contribution >= 4 is 11.7 Å². The van der Waals surface area contributed by atoms with Crippen molar-refractivity contribution in [2.45, 2.75) is 40.7 Å². The second-order valence-corrected chi connectivity index (χ2v) is 6.29. The summed E-state index contributed by atoms with van der Waals surface area (Å²) in [6, 6.07) is 5.67. The highest BCUT2D eigenvalue weighted by molar-refractivity contribution is 5.93. The lowest BCUT2D eigenvalue weighted by Crippen LogP contribution is -2.30. The molecule has 0 radical (unpaired) electrons. The molecule has 1 saturated carbocycles. The zero-order valence-electron chi connectivity index (χ0n) is 12.4. The summed E-state index contributed by atoms with van der Waals surface area (Å²) >= 11 is 0. The maximum absolute atomic E-state index is 12.2. The molecule has 1 aromatic rings. The second kappa shape index (κ2) is 4.51. The minimum Gasteiger partial charge on any atom is -0.370 e. The van der Waals surface area contributed by atoms with Gasteiger partial charge in [0, 0.05) is 12.6 Å². The Morgan fingerprint density at radius 1 is 1.26 bits per heavy atom. The summed E-state index contributed by atoms with van der Waals surface area (Å²) in [7, 11) is 0. The number of hydrogen-bond acceptors (Lipinski definition) is 3. The molecule has 0 saturated heterocycles. The average Bonchev–Trinajstić information content (AvgIpc) is 2.72. The Kier molecular flexibility index (Phi) is 3.29. The molecule has 0 spiro atoms. The number of anilines is 1. The molecule has 1 aromatic heterocycles. The van der Waals surface area contributed by atoms with Gasteiger partial charge in [-0.3, -0.25) is 4.79 Å². The summed E-state index contributed by atoms with van der Waals surface area (Å²) in [6.07, 6.45) is 0. The summed E-state index contributed by atoms with van der Waals surface area (Å²) in [5.41, 5.74) is 0.751. The van der Waals surface area contributed by atoms with Crippen LogP contribution in [0.3, 0.4) is 0 Å². The highest BCUT2D eigenvalue weighted by Crippen LogP contribution is 2.62. The fourth-order valence-electron chi connectivity index (χ4n) is 2.60. The molecule has 1 amide bonds. The summed E-state index contributed by atoms with van der Waals surface area (Å²) in [5, 5.41) is 6.20. The van der Waals surface area contributed by atoms with Crippen molar-refractivity contribution in [2.24, 2.45) is 10.8 Å². The normalized spacial score (nSPS) is 19.8. The fraction of sp³-hybridized carbons (Fsp3) is 0.600. The zero-order valence-corrected chi connectivity index (χ0v) is 12.4.